The van der Waals surface area contributed by atoms with Crippen LogP contribution in [0.1, 0.15) is 43.6 Å². The van der Waals surface area contributed by atoms with Crippen LogP contribution in [0, 0.1) is 0 Å². The maximum atomic E-state index is 12.4. The van der Waals surface area contributed by atoms with Crippen LogP contribution >= 0.6 is 0 Å². The van der Waals surface area contributed by atoms with E-state index < -0.39 is 17.2 Å². The third kappa shape index (κ3) is 6.49. The summed E-state index contributed by atoms with van der Waals surface area (Å²) in [5.74, 6) is -0.768. The molecule has 3 amide bonds. The van der Waals surface area contributed by atoms with Gasteiger partial charge in [-0.25, -0.2) is 0 Å². The van der Waals surface area contributed by atoms with E-state index in [0.29, 0.717) is 38.0 Å². The number of carboxylic acid groups (broad SMARTS) is 1. The lowest BCUT2D eigenvalue weighted by Crippen LogP contribution is -2.64. The van der Waals surface area contributed by atoms with Gasteiger partial charge in [-0.05, 0) is 25.8 Å². The first-order valence-corrected chi connectivity index (χ1v) is 9.89. The van der Waals surface area contributed by atoms with E-state index >= 15 is 0 Å². The van der Waals surface area contributed by atoms with Gasteiger partial charge in [-0.2, -0.15) is 5.10 Å². The van der Waals surface area contributed by atoms with Crippen molar-refractivity contribution in [2.24, 2.45) is 0 Å². The SMILES string of the molecule is CC(=O)NCC(=O)N[C@H]1COC2(CCN(C(=O)c3ccn[nH]3)CC2)C[C@]1(C)O.O=CO. The number of nitrogens with zero attached hydrogens (tertiary/aromatic N) is 2. The standard InChI is InChI=1S/C18H27N5O5.CH2O2/c1-12(24)19-9-15(25)21-14-10-28-18(11-17(14,2)27)4-7-23(8-5-18)16(26)13-3-6-20-22-13;2-1-3/h3,6,14,27H,4-5,7-11H2,1-2H3,(H,19,24)(H,20,22)(H,21,25);1H,(H,2,3)/t14-,17-;/m0./s1. The average molecular weight is 439 g/mol. The fraction of sp³-hybridized carbons (Fsp3) is 0.632. The zero-order valence-electron chi connectivity index (χ0n) is 17.6. The number of ether oxygens (including phenoxy) is 1. The molecule has 31 heavy (non-hydrogen) atoms. The first-order valence-electron chi connectivity index (χ1n) is 9.89. The Morgan fingerprint density at radius 2 is 2.03 bits per heavy atom. The second-order valence-electron chi connectivity index (χ2n) is 7.93. The summed E-state index contributed by atoms with van der Waals surface area (Å²) in [7, 11) is 0. The van der Waals surface area contributed by atoms with Gasteiger partial charge in [-0.1, -0.05) is 0 Å². The zero-order chi connectivity index (χ0) is 23.1. The summed E-state index contributed by atoms with van der Waals surface area (Å²) in [6, 6.07) is 1.08. The van der Waals surface area contributed by atoms with Gasteiger partial charge in [0.2, 0.25) is 11.8 Å². The van der Waals surface area contributed by atoms with E-state index in [4.69, 9.17) is 14.6 Å². The van der Waals surface area contributed by atoms with Gasteiger partial charge in [-0.3, -0.25) is 24.3 Å². The zero-order valence-corrected chi connectivity index (χ0v) is 17.6. The molecule has 2 fully saturated rings. The predicted molar refractivity (Wildman–Crippen MR) is 107 cm³/mol. The van der Waals surface area contributed by atoms with Crippen molar-refractivity contribution in [1.29, 1.82) is 0 Å². The summed E-state index contributed by atoms with van der Waals surface area (Å²) < 4.78 is 6.08. The topological polar surface area (TPSA) is 174 Å². The van der Waals surface area contributed by atoms with Crippen LogP contribution in [-0.4, -0.2) is 93.0 Å². The Morgan fingerprint density at radius 3 is 2.55 bits per heavy atom. The molecule has 1 aromatic heterocycles. The lowest BCUT2D eigenvalue weighted by atomic mass is 9.75. The minimum atomic E-state index is -1.15. The number of aromatic nitrogens is 2. The van der Waals surface area contributed by atoms with Crippen LogP contribution < -0.4 is 10.6 Å². The molecule has 2 aliphatic heterocycles. The molecule has 2 saturated heterocycles. The van der Waals surface area contributed by atoms with Gasteiger partial charge in [0.15, 0.2) is 0 Å². The molecule has 3 rings (SSSR count). The van der Waals surface area contributed by atoms with E-state index in [1.165, 1.54) is 6.92 Å². The third-order valence-corrected chi connectivity index (χ3v) is 5.51. The predicted octanol–water partition coefficient (Wildman–Crippen LogP) is -1.12. The van der Waals surface area contributed by atoms with E-state index in [2.05, 4.69) is 20.8 Å². The van der Waals surface area contributed by atoms with Crippen LogP contribution in [0.5, 0.6) is 0 Å². The number of aromatic amines is 1. The van der Waals surface area contributed by atoms with Gasteiger partial charge in [0.05, 0.1) is 30.4 Å². The molecular formula is C19H29N5O7. The van der Waals surface area contributed by atoms with Gasteiger partial charge in [-0.15, -0.1) is 0 Å². The largest absolute Gasteiger partial charge is 0.483 e. The van der Waals surface area contributed by atoms with Crippen molar-refractivity contribution < 1.29 is 34.1 Å². The van der Waals surface area contributed by atoms with Crippen molar-refractivity contribution >= 4 is 24.2 Å². The molecule has 1 spiro atoms. The lowest BCUT2D eigenvalue weighted by Gasteiger charge is -2.51. The summed E-state index contributed by atoms with van der Waals surface area (Å²) in [5.41, 5.74) is -1.22. The fourth-order valence-electron chi connectivity index (χ4n) is 3.90. The number of hydrogen-bond donors (Lipinski definition) is 5. The summed E-state index contributed by atoms with van der Waals surface area (Å²) in [4.78, 5) is 45.4. The molecule has 12 nitrogen and oxygen atoms in total. The highest BCUT2D eigenvalue weighted by Gasteiger charge is 2.49. The monoisotopic (exact) mass is 439 g/mol. The summed E-state index contributed by atoms with van der Waals surface area (Å²) in [6.45, 7) is 3.84. The highest BCUT2D eigenvalue weighted by atomic mass is 16.5. The Hall–Kier alpha value is -2.99. The molecular weight excluding hydrogens is 410 g/mol. The maximum Gasteiger partial charge on any atom is 0.290 e. The molecule has 2 aliphatic rings. The third-order valence-electron chi connectivity index (χ3n) is 5.51. The molecule has 0 aliphatic carbocycles. The molecule has 0 radical (unpaired) electrons. The Balaban J connectivity index is 0.00000107. The number of rotatable bonds is 4. The number of likely N-dealkylation sites (tertiary alicyclic amines) is 1. The Morgan fingerprint density at radius 1 is 1.39 bits per heavy atom. The average Bonchev–Trinajstić information content (AvgIpc) is 3.24. The van der Waals surface area contributed by atoms with Gasteiger partial charge in [0.1, 0.15) is 5.69 Å². The molecule has 2 atom stereocenters. The second-order valence-corrected chi connectivity index (χ2v) is 7.93. The molecule has 5 N–H and O–H groups in total. The normalized spacial score (nSPS) is 24.5. The molecule has 0 saturated carbocycles. The van der Waals surface area contributed by atoms with Crippen LogP contribution in [0.15, 0.2) is 12.3 Å². The highest BCUT2D eigenvalue weighted by molar-refractivity contribution is 5.92. The van der Waals surface area contributed by atoms with Crippen LogP contribution in [-0.2, 0) is 19.1 Å². The summed E-state index contributed by atoms with van der Waals surface area (Å²) in [5, 5.41) is 29.5. The number of carbonyl (C=O) groups excluding carboxylic acids is 3. The minimum Gasteiger partial charge on any atom is -0.483 e. The second kappa shape index (κ2) is 10.4. The molecule has 0 aromatic carbocycles. The van der Waals surface area contributed by atoms with Crippen LogP contribution in [0.2, 0.25) is 0 Å². The minimum absolute atomic E-state index is 0.0990. The van der Waals surface area contributed by atoms with Gasteiger partial charge < -0.3 is 30.5 Å². The Bertz CT molecular complexity index is 773. The van der Waals surface area contributed by atoms with E-state index in [0.717, 1.165) is 0 Å². The Labute approximate surface area is 179 Å². The van der Waals surface area contributed by atoms with E-state index in [9.17, 15) is 19.5 Å². The van der Waals surface area contributed by atoms with E-state index in [1.807, 2.05) is 0 Å². The van der Waals surface area contributed by atoms with Crippen molar-refractivity contribution in [1.82, 2.24) is 25.7 Å². The fourth-order valence-corrected chi connectivity index (χ4v) is 3.90. The van der Waals surface area contributed by atoms with Crippen molar-refractivity contribution in [2.45, 2.75) is 50.4 Å². The summed E-state index contributed by atoms with van der Waals surface area (Å²) in [6.07, 6.45) is 3.11. The first-order chi connectivity index (χ1) is 14.6. The maximum absolute atomic E-state index is 12.4. The van der Waals surface area contributed by atoms with Crippen LogP contribution in [0.3, 0.4) is 0 Å². The first kappa shape index (κ1) is 24.3. The molecule has 0 unspecified atom stereocenters. The number of nitrogens with one attached hydrogen (secondary N) is 3. The van der Waals surface area contributed by atoms with Crippen molar-refractivity contribution in [3.63, 3.8) is 0 Å². The molecule has 172 valence electrons. The van der Waals surface area contributed by atoms with Gasteiger partial charge >= 0.3 is 0 Å². The van der Waals surface area contributed by atoms with Crippen molar-refractivity contribution in [2.75, 3.05) is 26.2 Å². The highest BCUT2D eigenvalue weighted by Crippen LogP contribution is 2.39. The van der Waals surface area contributed by atoms with Crippen LogP contribution in [0.25, 0.3) is 0 Å². The van der Waals surface area contributed by atoms with Gasteiger partial charge in [0.25, 0.3) is 12.4 Å². The van der Waals surface area contributed by atoms with E-state index in [-0.39, 0.29) is 37.3 Å². The van der Waals surface area contributed by atoms with Gasteiger partial charge in [0, 0.05) is 32.6 Å². The van der Waals surface area contributed by atoms with E-state index in [1.54, 1.807) is 24.1 Å². The smallest absolute Gasteiger partial charge is 0.290 e. The number of H-pyrrole nitrogens is 1. The molecule has 3 heterocycles. The number of piperidine rings is 1. The number of carbonyl (C=O) groups is 4. The van der Waals surface area contributed by atoms with Crippen LogP contribution in [0.4, 0.5) is 0 Å². The molecule has 1 aromatic rings. The number of hydrogen-bond acceptors (Lipinski definition) is 7. The quantitative estimate of drug-likeness (QED) is 0.367. The Kier molecular flexibility index (Phi) is 8.11. The van der Waals surface area contributed by atoms with Crippen molar-refractivity contribution in [3.05, 3.63) is 18.0 Å². The number of aliphatic hydroxyl groups is 1. The lowest BCUT2D eigenvalue weighted by molar-refractivity contribution is -0.187. The van der Waals surface area contributed by atoms with Crippen molar-refractivity contribution in [3.8, 4) is 0 Å². The molecule has 12 heteroatoms. The summed E-state index contributed by atoms with van der Waals surface area (Å²) >= 11 is 0. The number of amides is 3. The molecule has 0 bridgehead atoms.